The molecule has 0 aliphatic heterocycles. The van der Waals surface area contributed by atoms with Crippen molar-refractivity contribution in [2.75, 3.05) is 6.61 Å². The van der Waals surface area contributed by atoms with Crippen LogP contribution in [-0.4, -0.2) is 22.7 Å². The predicted octanol–water partition coefficient (Wildman–Crippen LogP) is 8.51. The van der Waals surface area contributed by atoms with Gasteiger partial charge in [0.2, 0.25) is 0 Å². The Morgan fingerprint density at radius 2 is 1.34 bits per heavy atom. The summed E-state index contributed by atoms with van der Waals surface area (Å²) >= 11 is 0. The smallest absolute Gasteiger partial charge is 0.159 e. The lowest BCUT2D eigenvalue weighted by molar-refractivity contribution is 0.222. The molecule has 1 aromatic heterocycles. The number of unbranched alkanes of at least 4 members (excludes halogenated alkanes) is 9. The molecule has 0 saturated carbocycles. The number of aromatic nitrogens is 2. The van der Waals surface area contributed by atoms with Gasteiger partial charge in [-0.25, -0.2) is 14.4 Å². The van der Waals surface area contributed by atoms with Crippen molar-refractivity contribution in [1.29, 1.82) is 0 Å². The van der Waals surface area contributed by atoms with Crippen molar-refractivity contribution in [2.45, 2.75) is 110 Å². The van der Waals surface area contributed by atoms with Crippen LogP contribution in [0.15, 0.2) is 36.7 Å². The molecule has 1 heterocycles. The molecule has 0 saturated heterocycles. The minimum Gasteiger partial charge on any atom is -0.493 e. The average molecular weight is 443 g/mol. The molecule has 32 heavy (non-hydrogen) atoms. The van der Waals surface area contributed by atoms with Crippen molar-refractivity contribution in [3.05, 3.63) is 42.2 Å². The number of nitrogens with zero attached hydrogens (tertiary/aromatic N) is 2. The maximum absolute atomic E-state index is 14.0. The van der Waals surface area contributed by atoms with Crippen LogP contribution in [0.2, 0.25) is 0 Å². The maximum Gasteiger partial charge on any atom is 0.159 e. The molecule has 1 unspecified atom stereocenters. The standard InChI is InChI=1S/C28H43FN2O/c1-3-5-7-9-11-13-15-26(29)20-21-32-27-18-16-25(17-19-27)28-30-22-24(23-31-28)14-12-10-8-6-4-2/h16-19,22-23,26H,3-15,20-21H2,1-2H3. The van der Waals surface area contributed by atoms with Crippen molar-refractivity contribution in [1.82, 2.24) is 9.97 Å². The number of alkyl halides is 1. The Morgan fingerprint density at radius 1 is 0.750 bits per heavy atom. The van der Waals surface area contributed by atoms with Crippen LogP contribution in [0.1, 0.15) is 103 Å². The fraction of sp³-hybridized carbons (Fsp3) is 0.643. The topological polar surface area (TPSA) is 35.0 Å². The van der Waals surface area contributed by atoms with Crippen LogP contribution in [0.5, 0.6) is 5.75 Å². The second kappa shape index (κ2) is 16.6. The van der Waals surface area contributed by atoms with Gasteiger partial charge in [-0.2, -0.15) is 0 Å². The second-order valence-electron chi connectivity index (χ2n) is 8.89. The van der Waals surface area contributed by atoms with E-state index < -0.39 is 6.17 Å². The van der Waals surface area contributed by atoms with Crippen molar-refractivity contribution >= 4 is 0 Å². The molecule has 0 N–H and O–H groups in total. The predicted molar refractivity (Wildman–Crippen MR) is 133 cm³/mol. The first kappa shape index (κ1) is 26.3. The van der Waals surface area contributed by atoms with Gasteiger partial charge < -0.3 is 4.74 Å². The largest absolute Gasteiger partial charge is 0.493 e. The molecule has 0 bridgehead atoms. The summed E-state index contributed by atoms with van der Waals surface area (Å²) in [5.74, 6) is 1.50. The molecule has 2 aromatic rings. The van der Waals surface area contributed by atoms with Crippen molar-refractivity contribution in [3.63, 3.8) is 0 Å². The molecule has 1 atom stereocenters. The van der Waals surface area contributed by atoms with Gasteiger partial charge in [-0.1, -0.05) is 78.1 Å². The number of hydrogen-bond acceptors (Lipinski definition) is 3. The summed E-state index contributed by atoms with van der Waals surface area (Å²) in [6.45, 7) is 4.87. The van der Waals surface area contributed by atoms with Gasteiger partial charge in [-0.05, 0) is 49.1 Å². The van der Waals surface area contributed by atoms with Gasteiger partial charge >= 0.3 is 0 Å². The molecular formula is C28H43FN2O. The van der Waals surface area contributed by atoms with E-state index in [-0.39, 0.29) is 0 Å². The summed E-state index contributed by atoms with van der Waals surface area (Å²) in [5.41, 5.74) is 2.17. The van der Waals surface area contributed by atoms with Crippen LogP contribution >= 0.6 is 0 Å². The normalized spacial score (nSPS) is 12.1. The minimum atomic E-state index is -0.765. The number of rotatable bonds is 18. The quantitative estimate of drug-likeness (QED) is 0.217. The molecule has 0 aliphatic carbocycles. The SMILES string of the molecule is CCCCCCCCC(F)CCOc1ccc(-c2ncc(CCCCCCC)cn2)cc1. The number of halogens is 1. The van der Waals surface area contributed by atoms with Gasteiger partial charge in [0.25, 0.3) is 0 Å². The Kier molecular flexibility index (Phi) is 13.7. The lowest BCUT2D eigenvalue weighted by atomic mass is 10.1. The summed E-state index contributed by atoms with van der Waals surface area (Å²) in [6.07, 6.45) is 18.9. The van der Waals surface area contributed by atoms with Gasteiger partial charge in [0, 0.05) is 24.4 Å². The minimum absolute atomic E-state index is 0.416. The van der Waals surface area contributed by atoms with Crippen LogP contribution in [0.25, 0.3) is 11.4 Å². The van der Waals surface area contributed by atoms with E-state index in [1.54, 1.807) is 0 Å². The fourth-order valence-electron chi connectivity index (χ4n) is 3.86. The third kappa shape index (κ3) is 11.1. The lowest BCUT2D eigenvalue weighted by Crippen LogP contribution is -2.07. The van der Waals surface area contributed by atoms with E-state index in [1.165, 1.54) is 63.4 Å². The van der Waals surface area contributed by atoms with Crippen LogP contribution < -0.4 is 4.74 Å². The molecule has 178 valence electrons. The van der Waals surface area contributed by atoms with Gasteiger partial charge in [-0.15, -0.1) is 0 Å². The number of aryl methyl sites for hydroxylation is 1. The summed E-state index contributed by atoms with van der Waals surface area (Å²) < 4.78 is 19.8. The van der Waals surface area contributed by atoms with E-state index in [0.717, 1.165) is 36.4 Å². The summed E-state index contributed by atoms with van der Waals surface area (Å²) in [4.78, 5) is 9.06. The van der Waals surface area contributed by atoms with E-state index >= 15 is 0 Å². The molecule has 0 radical (unpaired) electrons. The van der Waals surface area contributed by atoms with Crippen LogP contribution in [0.3, 0.4) is 0 Å². The summed E-state index contributed by atoms with van der Waals surface area (Å²) in [7, 11) is 0. The average Bonchev–Trinajstić information content (AvgIpc) is 2.82. The summed E-state index contributed by atoms with van der Waals surface area (Å²) in [6, 6.07) is 7.78. The highest BCUT2D eigenvalue weighted by atomic mass is 19.1. The second-order valence-corrected chi connectivity index (χ2v) is 8.89. The first-order valence-electron chi connectivity index (χ1n) is 12.9. The number of benzene rings is 1. The van der Waals surface area contributed by atoms with Gasteiger partial charge in [0.15, 0.2) is 5.82 Å². The first-order chi connectivity index (χ1) is 15.7. The monoisotopic (exact) mass is 442 g/mol. The van der Waals surface area contributed by atoms with Crippen LogP contribution in [0, 0.1) is 0 Å². The lowest BCUT2D eigenvalue weighted by Gasteiger charge is -2.10. The molecule has 0 aliphatic rings. The van der Waals surface area contributed by atoms with Gasteiger partial charge in [0.1, 0.15) is 11.9 Å². The van der Waals surface area contributed by atoms with Gasteiger partial charge in [0.05, 0.1) is 6.61 Å². The maximum atomic E-state index is 14.0. The number of hydrogen-bond donors (Lipinski definition) is 0. The number of ether oxygens (including phenoxy) is 1. The zero-order valence-electron chi connectivity index (χ0n) is 20.3. The Labute approximate surface area is 195 Å². The van der Waals surface area contributed by atoms with E-state index in [0.29, 0.717) is 19.4 Å². The third-order valence-electron chi connectivity index (χ3n) is 5.96. The van der Waals surface area contributed by atoms with E-state index in [4.69, 9.17) is 4.74 Å². The zero-order chi connectivity index (χ0) is 22.9. The fourth-order valence-corrected chi connectivity index (χ4v) is 3.86. The van der Waals surface area contributed by atoms with Crippen molar-refractivity contribution in [2.24, 2.45) is 0 Å². The Morgan fingerprint density at radius 3 is 2.00 bits per heavy atom. The third-order valence-corrected chi connectivity index (χ3v) is 5.96. The first-order valence-corrected chi connectivity index (χ1v) is 12.9. The molecule has 1 aromatic carbocycles. The van der Waals surface area contributed by atoms with Gasteiger partial charge in [-0.3, -0.25) is 0 Å². The molecule has 3 nitrogen and oxygen atoms in total. The highest BCUT2D eigenvalue weighted by Crippen LogP contribution is 2.20. The van der Waals surface area contributed by atoms with E-state index in [9.17, 15) is 4.39 Å². The van der Waals surface area contributed by atoms with Crippen molar-refractivity contribution < 1.29 is 9.13 Å². The molecular weight excluding hydrogens is 399 g/mol. The van der Waals surface area contributed by atoms with E-state index in [1.807, 2.05) is 36.7 Å². The van der Waals surface area contributed by atoms with Crippen LogP contribution in [0.4, 0.5) is 4.39 Å². The Bertz CT molecular complexity index is 702. The zero-order valence-corrected chi connectivity index (χ0v) is 20.3. The molecule has 0 spiro atoms. The Balaban J connectivity index is 1.65. The highest BCUT2D eigenvalue weighted by Gasteiger charge is 2.07. The van der Waals surface area contributed by atoms with Crippen LogP contribution in [-0.2, 0) is 6.42 Å². The van der Waals surface area contributed by atoms with Crippen molar-refractivity contribution in [3.8, 4) is 17.1 Å². The highest BCUT2D eigenvalue weighted by molar-refractivity contribution is 5.55. The van der Waals surface area contributed by atoms with E-state index in [2.05, 4.69) is 23.8 Å². The Hall–Kier alpha value is -1.97. The molecule has 4 heteroatoms. The summed E-state index contributed by atoms with van der Waals surface area (Å²) in [5, 5.41) is 0. The molecule has 0 amide bonds. The molecule has 0 fully saturated rings. The molecule has 2 rings (SSSR count).